The molecule has 0 atom stereocenters. The normalized spacial score (nSPS) is 11.5. The molecular formula is C9H15N2+. The molecule has 0 N–H and O–H groups in total. The Bertz CT molecular complexity index is 253. The van der Waals surface area contributed by atoms with E-state index < -0.39 is 0 Å². The van der Waals surface area contributed by atoms with E-state index in [0.29, 0.717) is 0 Å². The van der Waals surface area contributed by atoms with Gasteiger partial charge in [0.25, 0.3) is 0 Å². The number of hydrogen-bond acceptors (Lipinski definition) is 0. The summed E-state index contributed by atoms with van der Waals surface area (Å²) in [6.07, 6.45) is 7.83. The second-order valence-electron chi connectivity index (χ2n) is 3.62. The Hall–Kier alpha value is -1.05. The third-order valence-corrected chi connectivity index (χ3v) is 1.64. The first-order valence-electron chi connectivity index (χ1n) is 3.76. The van der Waals surface area contributed by atoms with Crippen LogP contribution < -0.4 is 4.57 Å². The number of nitrogens with zero attached hydrogens (tertiary/aromatic N) is 2. The highest BCUT2D eigenvalue weighted by atomic mass is 15.1. The second kappa shape index (κ2) is 2.53. The molecule has 1 aromatic heterocycles. The molecule has 0 radical (unpaired) electrons. The molecule has 1 rings (SSSR count). The van der Waals surface area contributed by atoms with Crippen molar-refractivity contribution < 1.29 is 4.57 Å². The van der Waals surface area contributed by atoms with E-state index in [1.54, 1.807) is 6.20 Å². The molecule has 60 valence electrons. The molecule has 1 aromatic rings. The maximum atomic E-state index is 3.68. The quantitative estimate of drug-likeness (QED) is 0.539. The Morgan fingerprint density at radius 2 is 2.09 bits per heavy atom. The Balaban J connectivity index is 2.98. The van der Waals surface area contributed by atoms with Crippen LogP contribution in [0.5, 0.6) is 0 Å². The van der Waals surface area contributed by atoms with Gasteiger partial charge in [-0.05, 0) is 20.8 Å². The molecular weight excluding hydrogens is 136 g/mol. The average molecular weight is 151 g/mol. The molecule has 0 aliphatic rings. The molecule has 11 heavy (non-hydrogen) atoms. The highest BCUT2D eigenvalue weighted by Gasteiger charge is 2.17. The summed E-state index contributed by atoms with van der Waals surface area (Å²) in [5.41, 5.74) is 0.161. The summed E-state index contributed by atoms with van der Waals surface area (Å²) >= 11 is 0. The Morgan fingerprint density at radius 1 is 1.45 bits per heavy atom. The third-order valence-electron chi connectivity index (χ3n) is 1.64. The van der Waals surface area contributed by atoms with Gasteiger partial charge < -0.3 is 0 Å². The molecule has 0 saturated carbocycles. The monoisotopic (exact) mass is 151 g/mol. The molecule has 0 unspecified atom stereocenters. The fraction of sp³-hybridized carbons (Fsp3) is 0.444. The first-order chi connectivity index (χ1) is 5.04. The average Bonchev–Trinajstić information content (AvgIpc) is 2.32. The lowest BCUT2D eigenvalue weighted by Crippen LogP contribution is -2.48. The molecule has 0 bridgehead atoms. The van der Waals surface area contributed by atoms with Crippen molar-refractivity contribution in [2.24, 2.45) is 0 Å². The van der Waals surface area contributed by atoms with Gasteiger partial charge in [0.15, 0.2) is 0 Å². The van der Waals surface area contributed by atoms with Crippen LogP contribution in [0.15, 0.2) is 25.3 Å². The van der Waals surface area contributed by atoms with Gasteiger partial charge in [-0.1, -0.05) is 6.58 Å². The van der Waals surface area contributed by atoms with Crippen LogP contribution in [-0.4, -0.2) is 4.57 Å². The van der Waals surface area contributed by atoms with Crippen molar-refractivity contribution in [1.82, 2.24) is 4.57 Å². The molecule has 0 spiro atoms. The summed E-state index contributed by atoms with van der Waals surface area (Å²) in [6.45, 7) is 10.2. The fourth-order valence-electron chi connectivity index (χ4n) is 0.874. The fourth-order valence-corrected chi connectivity index (χ4v) is 0.874. The lowest BCUT2D eigenvalue weighted by molar-refractivity contribution is -0.753. The Labute approximate surface area is 67.8 Å². The number of imidazole rings is 1. The molecule has 2 nitrogen and oxygen atoms in total. The minimum Gasteiger partial charge on any atom is -0.232 e. The number of hydrogen-bond donors (Lipinski definition) is 0. The largest absolute Gasteiger partial charge is 0.248 e. The van der Waals surface area contributed by atoms with E-state index in [-0.39, 0.29) is 5.54 Å². The van der Waals surface area contributed by atoms with Gasteiger partial charge in [-0.25, -0.2) is 9.13 Å². The van der Waals surface area contributed by atoms with Crippen LogP contribution in [0, 0.1) is 0 Å². The van der Waals surface area contributed by atoms with Gasteiger partial charge in [0.1, 0.15) is 17.9 Å². The van der Waals surface area contributed by atoms with Crippen molar-refractivity contribution in [3.05, 3.63) is 25.3 Å². The molecule has 0 aromatic carbocycles. The molecule has 1 heterocycles. The van der Waals surface area contributed by atoms with Crippen LogP contribution >= 0.6 is 0 Å². The third kappa shape index (κ3) is 1.70. The van der Waals surface area contributed by atoms with Crippen molar-refractivity contribution in [1.29, 1.82) is 0 Å². The van der Waals surface area contributed by atoms with E-state index in [0.717, 1.165) is 0 Å². The lowest BCUT2D eigenvalue weighted by atomic mass is 10.1. The van der Waals surface area contributed by atoms with E-state index in [9.17, 15) is 0 Å². The van der Waals surface area contributed by atoms with Gasteiger partial charge in [0, 0.05) is 0 Å². The van der Waals surface area contributed by atoms with Gasteiger partial charge in [-0.15, -0.1) is 0 Å². The number of rotatable bonds is 1. The zero-order valence-electron chi connectivity index (χ0n) is 7.41. The summed E-state index contributed by atoms with van der Waals surface area (Å²) in [5.74, 6) is 0. The van der Waals surface area contributed by atoms with Gasteiger partial charge in [0.2, 0.25) is 6.33 Å². The minimum atomic E-state index is 0.161. The molecule has 0 aliphatic carbocycles. The molecule has 0 fully saturated rings. The molecule has 0 saturated heterocycles. The molecule has 2 heteroatoms. The maximum absolute atomic E-state index is 3.68. The smallest absolute Gasteiger partial charge is 0.232 e. The van der Waals surface area contributed by atoms with Crippen molar-refractivity contribution >= 4 is 6.20 Å². The first kappa shape index (κ1) is 8.05. The van der Waals surface area contributed by atoms with Gasteiger partial charge in [0.05, 0.1) is 6.20 Å². The Kier molecular flexibility index (Phi) is 1.85. The van der Waals surface area contributed by atoms with Crippen molar-refractivity contribution in [3.8, 4) is 0 Å². The SMILES string of the molecule is C=Cn1cc[n+](C(C)(C)C)c1. The predicted molar refractivity (Wildman–Crippen MR) is 46.0 cm³/mol. The van der Waals surface area contributed by atoms with Gasteiger partial charge in [-0.2, -0.15) is 0 Å². The topological polar surface area (TPSA) is 8.81 Å². The van der Waals surface area contributed by atoms with Crippen molar-refractivity contribution in [3.63, 3.8) is 0 Å². The van der Waals surface area contributed by atoms with E-state index in [2.05, 4.69) is 31.9 Å². The summed E-state index contributed by atoms with van der Waals surface area (Å²) in [7, 11) is 0. The highest BCUT2D eigenvalue weighted by Crippen LogP contribution is 2.02. The van der Waals surface area contributed by atoms with Crippen molar-refractivity contribution in [2.75, 3.05) is 0 Å². The summed E-state index contributed by atoms with van der Waals surface area (Å²) in [4.78, 5) is 0. The first-order valence-corrected chi connectivity index (χ1v) is 3.76. The van der Waals surface area contributed by atoms with E-state index >= 15 is 0 Å². The summed E-state index contributed by atoms with van der Waals surface area (Å²) in [6, 6.07) is 0. The van der Waals surface area contributed by atoms with E-state index in [1.807, 2.05) is 23.3 Å². The van der Waals surface area contributed by atoms with Crippen LogP contribution in [-0.2, 0) is 5.54 Å². The maximum Gasteiger partial charge on any atom is 0.248 e. The van der Waals surface area contributed by atoms with Crippen LogP contribution in [0.2, 0.25) is 0 Å². The molecule has 0 aliphatic heterocycles. The zero-order chi connectivity index (χ0) is 8.48. The Morgan fingerprint density at radius 3 is 2.36 bits per heavy atom. The molecule has 0 amide bonds. The van der Waals surface area contributed by atoms with Gasteiger partial charge >= 0.3 is 0 Å². The van der Waals surface area contributed by atoms with Crippen molar-refractivity contribution in [2.45, 2.75) is 26.3 Å². The number of aromatic nitrogens is 2. The summed E-state index contributed by atoms with van der Waals surface area (Å²) < 4.78 is 4.08. The van der Waals surface area contributed by atoms with Crippen LogP contribution in [0.3, 0.4) is 0 Å². The second-order valence-corrected chi connectivity index (χ2v) is 3.62. The van der Waals surface area contributed by atoms with Crippen LogP contribution in [0.4, 0.5) is 0 Å². The predicted octanol–water partition coefficient (Wildman–Crippen LogP) is 1.63. The van der Waals surface area contributed by atoms with Crippen LogP contribution in [0.1, 0.15) is 20.8 Å². The van der Waals surface area contributed by atoms with Gasteiger partial charge in [-0.3, -0.25) is 0 Å². The summed E-state index contributed by atoms with van der Waals surface area (Å²) in [5, 5.41) is 0. The zero-order valence-corrected chi connectivity index (χ0v) is 7.41. The lowest BCUT2D eigenvalue weighted by Gasteiger charge is -2.13. The van der Waals surface area contributed by atoms with E-state index in [1.165, 1.54) is 0 Å². The van der Waals surface area contributed by atoms with Crippen LogP contribution in [0.25, 0.3) is 6.20 Å². The standard InChI is InChI=1S/C9H15N2/c1-5-10-6-7-11(8-10)9(2,3)4/h5-8H,1H2,2-4H3/q+1. The van der Waals surface area contributed by atoms with E-state index in [4.69, 9.17) is 0 Å². The minimum absolute atomic E-state index is 0.161. The highest BCUT2D eigenvalue weighted by molar-refractivity contribution is 5.13.